The van der Waals surface area contributed by atoms with E-state index < -0.39 is 78.7 Å². The van der Waals surface area contributed by atoms with Crippen molar-refractivity contribution in [3.05, 3.63) is 47.7 Å². The van der Waals surface area contributed by atoms with Crippen LogP contribution in [0.1, 0.15) is 85.6 Å². The van der Waals surface area contributed by atoms with Gasteiger partial charge in [0.2, 0.25) is 15.6 Å². The van der Waals surface area contributed by atoms with Crippen LogP contribution < -0.4 is 16.1 Å². The number of nitrogens with zero attached hydrogens (tertiary/aromatic N) is 2. The molecule has 0 aliphatic carbocycles. The molecule has 1 aromatic heterocycles. The van der Waals surface area contributed by atoms with Crippen LogP contribution in [0.25, 0.3) is 17.0 Å². The minimum Gasteiger partial charge on any atom is -0.460 e. The normalized spacial score (nSPS) is 18.6. The van der Waals surface area contributed by atoms with Gasteiger partial charge in [-0.25, -0.2) is 5.43 Å². The predicted octanol–water partition coefficient (Wildman–Crippen LogP) is 6.38. The van der Waals surface area contributed by atoms with Crippen molar-refractivity contribution in [3.63, 3.8) is 0 Å². The fraction of sp³-hybridized carbons (Fsp3) is 0.605. The van der Waals surface area contributed by atoms with Gasteiger partial charge in [0, 0.05) is 11.9 Å². The first-order chi connectivity index (χ1) is 24.9. The van der Waals surface area contributed by atoms with E-state index in [0.717, 1.165) is 10.9 Å². The molecule has 3 rings (SSSR count). The zero-order chi connectivity index (χ0) is 40.8. The molecule has 54 heavy (non-hydrogen) atoms. The van der Waals surface area contributed by atoms with Crippen molar-refractivity contribution in [2.24, 2.45) is 11.8 Å². The van der Waals surface area contributed by atoms with E-state index in [2.05, 4.69) is 54.9 Å². The van der Waals surface area contributed by atoms with Gasteiger partial charge in [0.05, 0.1) is 29.3 Å². The van der Waals surface area contributed by atoms with Crippen molar-refractivity contribution in [1.82, 2.24) is 26.1 Å². The summed E-state index contributed by atoms with van der Waals surface area (Å²) >= 11 is 17.1. The first-order valence-corrected chi connectivity index (χ1v) is 22.3. The average Bonchev–Trinajstić information content (AvgIpc) is 3.07. The zero-order valence-corrected chi connectivity index (χ0v) is 36.1. The van der Waals surface area contributed by atoms with E-state index in [1.165, 1.54) is 11.9 Å². The molecular weight excluding hydrogens is 773 g/mol. The van der Waals surface area contributed by atoms with Gasteiger partial charge in [0.1, 0.15) is 24.7 Å². The van der Waals surface area contributed by atoms with Crippen LogP contribution >= 0.6 is 34.8 Å². The molecule has 12 nitrogen and oxygen atoms in total. The van der Waals surface area contributed by atoms with Crippen molar-refractivity contribution < 1.29 is 33.4 Å². The van der Waals surface area contributed by atoms with E-state index >= 15 is 0 Å². The number of fused-ring (bicyclic) bond motifs is 1. The molecule has 0 bridgehead atoms. The molecule has 300 valence electrons. The second-order valence-corrected chi connectivity index (χ2v) is 23.1. The molecule has 1 fully saturated rings. The zero-order valence-electron chi connectivity index (χ0n) is 32.8. The number of nitrogens with one attached hydrogen (secondary N) is 3. The van der Waals surface area contributed by atoms with Crippen molar-refractivity contribution >= 4 is 83.8 Å². The average molecular weight is 829 g/mol. The van der Waals surface area contributed by atoms with Crippen LogP contribution in [0.5, 0.6) is 0 Å². The lowest BCUT2D eigenvalue weighted by Gasteiger charge is -2.40. The van der Waals surface area contributed by atoms with Crippen LogP contribution in [0.15, 0.2) is 36.4 Å². The van der Waals surface area contributed by atoms with E-state index in [-0.39, 0.29) is 11.0 Å². The SMILES string of the molecule is CC(C)[C@H](NC(=O)[C@H](C=Cc1ccc2ccc([C@@H](C)O)nc2c1)[C@H](C)O[Si](C)(C)C(C)(C)C)C(=O)N[C@@H](C)C(=O)N1CCC[C@@H](C(=O)OCC(Cl)(Cl)Cl)N1. The third-order valence-electron chi connectivity index (χ3n) is 9.85. The summed E-state index contributed by atoms with van der Waals surface area (Å²) in [4.78, 5) is 58.4. The number of benzene rings is 1. The van der Waals surface area contributed by atoms with Gasteiger partial charge in [-0.1, -0.05) is 99.8 Å². The standard InChI is InChI=1S/C38H56Cl3N5O7Si/c1-22(2)32(34(49)42-23(3)35(50)46-19-11-12-30(45-46)36(51)52-21-38(39,40)41)44-33(48)28(25(5)53-54(9,10)37(6,7)8)17-14-26-13-15-27-16-18-29(24(4)47)43-31(27)20-26/h13-18,20,22-25,28,30,32,45,47H,11-12,19,21H2,1-10H3,(H,42,49)(H,44,48)/t23-,24+,25-,28+,30-,32-/m0/s1. The van der Waals surface area contributed by atoms with Crippen molar-refractivity contribution in [3.8, 4) is 0 Å². The van der Waals surface area contributed by atoms with Crippen LogP contribution in [-0.2, 0) is 28.3 Å². The van der Waals surface area contributed by atoms with E-state index in [0.29, 0.717) is 30.6 Å². The van der Waals surface area contributed by atoms with Crippen LogP contribution in [-0.4, -0.2) is 88.3 Å². The summed E-state index contributed by atoms with van der Waals surface area (Å²) in [7, 11) is -2.32. The van der Waals surface area contributed by atoms with Gasteiger partial charge in [-0.2, -0.15) is 0 Å². The number of rotatable bonds is 14. The van der Waals surface area contributed by atoms with Gasteiger partial charge in [-0.3, -0.25) is 29.2 Å². The molecule has 4 N–H and O–H groups in total. The molecule has 3 amide bonds. The molecule has 2 aromatic rings. The second kappa shape index (κ2) is 18.9. The number of aromatic nitrogens is 1. The van der Waals surface area contributed by atoms with Crippen molar-refractivity contribution in [2.45, 2.75) is 120 Å². The number of aliphatic hydroxyl groups is 1. The Bertz CT molecular complexity index is 1680. The number of amides is 3. The number of hydrazine groups is 1. The molecule has 16 heteroatoms. The van der Waals surface area contributed by atoms with Crippen LogP contribution in [0.2, 0.25) is 18.1 Å². The quantitative estimate of drug-likeness (QED) is 0.0963. The molecule has 0 saturated carbocycles. The lowest BCUT2D eigenvalue weighted by atomic mass is 9.97. The van der Waals surface area contributed by atoms with E-state index in [9.17, 15) is 24.3 Å². The Balaban J connectivity index is 1.80. The van der Waals surface area contributed by atoms with Gasteiger partial charge in [-0.15, -0.1) is 0 Å². The monoisotopic (exact) mass is 827 g/mol. The highest BCUT2D eigenvalue weighted by atomic mass is 35.6. The first-order valence-electron chi connectivity index (χ1n) is 18.3. The minimum atomic E-state index is -2.32. The molecule has 1 aliphatic heterocycles. The molecular formula is C38H56Cl3N5O7Si. The molecule has 2 heterocycles. The maximum Gasteiger partial charge on any atom is 0.325 e. The Hall–Kier alpha value is -2.78. The van der Waals surface area contributed by atoms with Gasteiger partial charge in [-0.05, 0) is 75.4 Å². The number of hydrogen-bond acceptors (Lipinski definition) is 9. The topological polar surface area (TPSA) is 159 Å². The van der Waals surface area contributed by atoms with Crippen molar-refractivity contribution in [1.29, 1.82) is 0 Å². The fourth-order valence-electron chi connectivity index (χ4n) is 5.62. The number of ether oxygens (including phenoxy) is 1. The second-order valence-electron chi connectivity index (χ2n) is 15.8. The van der Waals surface area contributed by atoms with Gasteiger partial charge in [0.15, 0.2) is 8.32 Å². The summed E-state index contributed by atoms with van der Waals surface area (Å²) in [6.45, 7) is 19.1. The van der Waals surface area contributed by atoms with E-state index in [1.807, 2.05) is 37.3 Å². The number of halogens is 3. The lowest BCUT2D eigenvalue weighted by molar-refractivity contribution is -0.152. The molecule has 1 saturated heterocycles. The fourth-order valence-corrected chi connectivity index (χ4v) is 7.22. The van der Waals surface area contributed by atoms with Gasteiger partial charge in [0.25, 0.3) is 5.91 Å². The van der Waals surface area contributed by atoms with Gasteiger partial charge >= 0.3 is 5.97 Å². The highest BCUT2D eigenvalue weighted by Crippen LogP contribution is 2.38. The summed E-state index contributed by atoms with van der Waals surface area (Å²) in [5, 5.41) is 17.8. The summed E-state index contributed by atoms with van der Waals surface area (Å²) in [6, 6.07) is 6.62. The molecule has 6 atom stereocenters. The Labute approximate surface area is 335 Å². The highest BCUT2D eigenvalue weighted by Gasteiger charge is 2.41. The predicted molar refractivity (Wildman–Crippen MR) is 216 cm³/mol. The largest absolute Gasteiger partial charge is 0.460 e. The molecule has 0 spiro atoms. The number of carbonyl (C=O) groups is 4. The molecule has 1 aliphatic rings. The Morgan fingerprint density at radius 1 is 1.04 bits per heavy atom. The first kappa shape index (κ1) is 45.6. The van der Waals surface area contributed by atoms with Crippen molar-refractivity contribution in [2.75, 3.05) is 13.2 Å². The number of esters is 1. The Morgan fingerprint density at radius 3 is 2.28 bits per heavy atom. The third kappa shape index (κ3) is 12.9. The number of carbonyl (C=O) groups excluding carboxylic acids is 4. The van der Waals surface area contributed by atoms with Gasteiger partial charge < -0.3 is 24.9 Å². The molecule has 0 radical (unpaired) electrons. The lowest BCUT2D eigenvalue weighted by Crippen LogP contribution is -2.61. The summed E-state index contributed by atoms with van der Waals surface area (Å²) in [5.41, 5.74) is 4.92. The number of aliphatic hydroxyl groups excluding tert-OH is 1. The van der Waals surface area contributed by atoms with E-state index in [4.69, 9.17) is 44.0 Å². The number of pyridine rings is 1. The maximum absolute atomic E-state index is 14.2. The third-order valence-corrected chi connectivity index (χ3v) is 14.7. The number of hydrogen-bond donors (Lipinski definition) is 4. The number of alkyl halides is 3. The summed E-state index contributed by atoms with van der Waals surface area (Å²) in [5.74, 6) is -3.21. The Kier molecular flexibility index (Phi) is 16.0. The highest BCUT2D eigenvalue weighted by molar-refractivity contribution is 6.74. The summed E-state index contributed by atoms with van der Waals surface area (Å²) < 4.78 is 9.99. The van der Waals surface area contributed by atoms with Crippen LogP contribution in [0.3, 0.4) is 0 Å². The van der Waals surface area contributed by atoms with Crippen LogP contribution in [0.4, 0.5) is 0 Å². The van der Waals surface area contributed by atoms with Crippen LogP contribution in [0, 0.1) is 11.8 Å². The Morgan fingerprint density at radius 2 is 1.69 bits per heavy atom. The summed E-state index contributed by atoms with van der Waals surface area (Å²) in [6.07, 6.45) is 3.26. The van der Waals surface area contributed by atoms with E-state index in [1.54, 1.807) is 32.9 Å². The smallest absolute Gasteiger partial charge is 0.325 e. The molecule has 0 unspecified atom stereocenters. The maximum atomic E-state index is 14.2. The minimum absolute atomic E-state index is 0.116. The molecule has 1 aromatic carbocycles.